The van der Waals surface area contributed by atoms with Crippen LogP contribution >= 0.6 is 18.9 Å². The Morgan fingerprint density at radius 2 is 1.19 bits per heavy atom. The summed E-state index contributed by atoms with van der Waals surface area (Å²) >= 11 is 10.7. The second kappa shape index (κ2) is 8.45. The van der Waals surface area contributed by atoms with Gasteiger partial charge < -0.3 is 0 Å². The zero-order valence-corrected chi connectivity index (χ0v) is 18.6. The van der Waals surface area contributed by atoms with Crippen LogP contribution in [0.5, 0.6) is 0 Å². The van der Waals surface area contributed by atoms with Crippen LogP contribution in [0.3, 0.4) is 0 Å². The van der Waals surface area contributed by atoms with Gasteiger partial charge in [0, 0.05) is 0 Å². The van der Waals surface area contributed by atoms with E-state index in [4.69, 9.17) is 11.6 Å². The monoisotopic (exact) mass is 477 g/mol. The van der Waals surface area contributed by atoms with E-state index in [0.717, 1.165) is 11.3 Å². The second-order valence-electron chi connectivity index (χ2n) is 8.11. The molecule has 0 aromatic heterocycles. The number of hydrogen-bond acceptors (Lipinski definition) is 0. The molecule has 0 spiro atoms. The predicted octanol–water partition coefficient (Wildman–Crippen LogP) is 6.68. The van der Waals surface area contributed by atoms with E-state index in [2.05, 4.69) is 73.8 Å². The summed E-state index contributed by atoms with van der Waals surface area (Å²) < 4.78 is 0.180. The Balaban J connectivity index is 1.75. The van der Waals surface area contributed by atoms with E-state index in [1.54, 1.807) is 5.30 Å². The van der Waals surface area contributed by atoms with Crippen LogP contribution in [0.2, 0.25) is 0 Å². The van der Waals surface area contributed by atoms with E-state index in [1.165, 1.54) is 62.5 Å². The molecule has 0 nitrogen and oxygen atoms in total. The van der Waals surface area contributed by atoms with Crippen molar-refractivity contribution in [2.45, 2.75) is 66.3 Å². The second-order valence-corrected chi connectivity index (χ2v) is 15.7. The molecule has 0 saturated heterocycles. The van der Waals surface area contributed by atoms with E-state index in [1.807, 2.05) is 0 Å². The Morgan fingerprint density at radius 1 is 0.731 bits per heavy atom. The molecule has 1 atom stereocenters. The van der Waals surface area contributed by atoms with Gasteiger partial charge in [-0.05, 0) is 0 Å². The van der Waals surface area contributed by atoms with Gasteiger partial charge in [0.25, 0.3) is 0 Å². The molecule has 0 N–H and O–H groups in total. The van der Waals surface area contributed by atoms with Crippen LogP contribution < -0.4 is 5.30 Å². The van der Waals surface area contributed by atoms with Crippen molar-refractivity contribution in [1.29, 1.82) is 0 Å². The van der Waals surface area contributed by atoms with E-state index < -0.39 is 7.26 Å². The number of rotatable bonds is 5. The SMILES string of the molecule is Cl[CH]([Pd])[PH](c1ccc(-c2ccccc2)cc1)(C1CCCC1)C1CCCC1. The summed E-state index contributed by atoms with van der Waals surface area (Å²) in [7, 11) is -1.81. The summed E-state index contributed by atoms with van der Waals surface area (Å²) in [5.74, 6) is 0. The molecular formula is C23H29ClPPd. The molecule has 2 fully saturated rings. The minimum absolute atomic E-state index is 0.180. The number of benzene rings is 2. The molecule has 1 unspecified atom stereocenters. The first-order valence-electron chi connectivity index (χ1n) is 10.1. The molecule has 2 aromatic carbocycles. The van der Waals surface area contributed by atoms with E-state index >= 15 is 0 Å². The van der Waals surface area contributed by atoms with E-state index in [-0.39, 0.29) is 3.59 Å². The van der Waals surface area contributed by atoms with Crippen molar-refractivity contribution in [2.24, 2.45) is 0 Å². The zero-order chi connectivity index (χ0) is 18.0. The number of alkyl halides is 1. The fraction of sp³-hybridized carbons (Fsp3) is 0.478. The van der Waals surface area contributed by atoms with Crippen molar-refractivity contribution in [3.8, 4) is 11.1 Å². The fourth-order valence-corrected chi connectivity index (χ4v) is 16.0. The maximum absolute atomic E-state index is 7.05. The van der Waals surface area contributed by atoms with Crippen molar-refractivity contribution in [2.75, 3.05) is 0 Å². The molecule has 26 heavy (non-hydrogen) atoms. The Kier molecular flexibility index (Phi) is 6.23. The van der Waals surface area contributed by atoms with Crippen molar-refractivity contribution in [3.05, 3.63) is 54.6 Å². The molecule has 2 aromatic rings. The Bertz CT molecular complexity index is 685. The number of hydrogen-bond donors (Lipinski definition) is 0. The van der Waals surface area contributed by atoms with Gasteiger partial charge in [0.2, 0.25) is 0 Å². The van der Waals surface area contributed by atoms with E-state index in [0.29, 0.717) is 0 Å². The van der Waals surface area contributed by atoms with Crippen molar-refractivity contribution in [1.82, 2.24) is 0 Å². The topological polar surface area (TPSA) is 0 Å². The molecule has 0 heterocycles. The van der Waals surface area contributed by atoms with Crippen LogP contribution in [0.4, 0.5) is 0 Å². The summed E-state index contributed by atoms with van der Waals surface area (Å²) in [6.07, 6.45) is 11.2. The van der Waals surface area contributed by atoms with Gasteiger partial charge in [-0.25, -0.2) is 0 Å². The summed E-state index contributed by atoms with van der Waals surface area (Å²) in [4.78, 5) is 0. The van der Waals surface area contributed by atoms with Crippen molar-refractivity contribution in [3.63, 3.8) is 0 Å². The van der Waals surface area contributed by atoms with Gasteiger partial charge in [-0.2, -0.15) is 0 Å². The molecular weight excluding hydrogens is 449 g/mol. The standard InChI is InChI=1S/C23H29ClP.Pd/c24-18-25(21-10-4-5-11-21,22-12-6-7-13-22)23-16-14-20(15-17-23)19-8-2-1-3-9-19;/h1-3,8-9,14-18,21-22,25H,4-7,10-13H2;. The summed E-state index contributed by atoms with van der Waals surface area (Å²) in [6, 6.07) is 20.3. The van der Waals surface area contributed by atoms with Gasteiger partial charge >= 0.3 is 175 Å². The quantitative estimate of drug-likeness (QED) is 0.256. The third kappa shape index (κ3) is 3.47. The molecule has 4 rings (SSSR count). The molecule has 2 aliphatic rings. The first-order valence-corrected chi connectivity index (χ1v) is 13.7. The van der Waals surface area contributed by atoms with Gasteiger partial charge in [-0.15, -0.1) is 0 Å². The van der Waals surface area contributed by atoms with Crippen LogP contribution in [-0.2, 0) is 19.2 Å². The molecule has 0 amide bonds. The van der Waals surface area contributed by atoms with Crippen molar-refractivity contribution >= 4 is 24.2 Å². The zero-order valence-electron chi connectivity index (χ0n) is 15.3. The summed E-state index contributed by atoms with van der Waals surface area (Å²) in [5, 5.41) is 1.60. The summed E-state index contributed by atoms with van der Waals surface area (Å²) in [5.41, 5.74) is 4.33. The van der Waals surface area contributed by atoms with Gasteiger partial charge in [0.15, 0.2) is 0 Å². The Labute approximate surface area is 174 Å². The molecule has 0 aliphatic heterocycles. The average Bonchev–Trinajstić information content (AvgIpc) is 3.38. The average molecular weight is 478 g/mol. The van der Waals surface area contributed by atoms with Crippen LogP contribution in [0.15, 0.2) is 54.6 Å². The van der Waals surface area contributed by atoms with Gasteiger partial charge in [0.05, 0.1) is 0 Å². The van der Waals surface area contributed by atoms with Gasteiger partial charge in [-0.1, -0.05) is 0 Å². The Hall–Kier alpha value is -0.178. The minimum atomic E-state index is -1.81. The van der Waals surface area contributed by atoms with Gasteiger partial charge in [0.1, 0.15) is 0 Å². The first-order chi connectivity index (χ1) is 12.7. The fourth-order valence-electron chi connectivity index (χ4n) is 5.64. The van der Waals surface area contributed by atoms with Crippen molar-refractivity contribution < 1.29 is 19.2 Å². The predicted molar refractivity (Wildman–Crippen MR) is 114 cm³/mol. The van der Waals surface area contributed by atoms with Crippen LogP contribution in [0.1, 0.15) is 51.4 Å². The molecule has 0 bridgehead atoms. The molecule has 143 valence electrons. The van der Waals surface area contributed by atoms with Crippen LogP contribution in [-0.4, -0.2) is 14.9 Å². The maximum atomic E-state index is 7.05. The van der Waals surface area contributed by atoms with Gasteiger partial charge in [-0.3, -0.25) is 0 Å². The van der Waals surface area contributed by atoms with Crippen LogP contribution in [0.25, 0.3) is 11.1 Å². The molecule has 3 heteroatoms. The third-order valence-corrected chi connectivity index (χ3v) is 16.0. The third-order valence-electron chi connectivity index (χ3n) is 6.89. The first kappa shape index (κ1) is 19.2. The Morgan fingerprint density at radius 3 is 1.65 bits per heavy atom. The van der Waals surface area contributed by atoms with Crippen LogP contribution in [0, 0.1) is 0 Å². The van der Waals surface area contributed by atoms with E-state index in [9.17, 15) is 0 Å². The normalized spacial score (nSPS) is 21.2. The molecule has 0 radical (unpaired) electrons. The molecule has 2 saturated carbocycles. The summed E-state index contributed by atoms with van der Waals surface area (Å²) in [6.45, 7) is 0. The number of halogens is 1. The molecule has 2 aliphatic carbocycles.